The summed E-state index contributed by atoms with van der Waals surface area (Å²) in [5.74, 6) is 0.608. The number of rotatable bonds is 7. The lowest BCUT2D eigenvalue weighted by Crippen LogP contribution is -2.06. The molecule has 0 aliphatic carbocycles. The van der Waals surface area contributed by atoms with E-state index in [1.54, 1.807) is 18.2 Å². The van der Waals surface area contributed by atoms with E-state index >= 15 is 0 Å². The van der Waals surface area contributed by atoms with Gasteiger partial charge in [-0.2, -0.15) is 18.3 Å². The second-order valence-corrected chi connectivity index (χ2v) is 8.23. The first-order valence-electron chi connectivity index (χ1n) is 8.95. The van der Waals surface area contributed by atoms with E-state index in [0.717, 1.165) is 22.2 Å². The molecular weight excluding hydrogens is 559 g/mol. The number of nitro groups is 1. The van der Waals surface area contributed by atoms with Crippen LogP contribution in [0.1, 0.15) is 16.7 Å². The van der Waals surface area contributed by atoms with Gasteiger partial charge in [-0.1, -0.05) is 28.1 Å². The summed E-state index contributed by atoms with van der Waals surface area (Å²) in [4.78, 5) is 10.2. The Hall–Kier alpha value is -2.92. The van der Waals surface area contributed by atoms with Crippen LogP contribution in [-0.2, 0) is 12.8 Å². The number of halogens is 5. The van der Waals surface area contributed by atoms with Crippen LogP contribution < -0.4 is 10.2 Å². The van der Waals surface area contributed by atoms with E-state index in [1.807, 2.05) is 24.3 Å². The van der Waals surface area contributed by atoms with Gasteiger partial charge in [0.1, 0.15) is 18.0 Å². The first-order chi connectivity index (χ1) is 15.1. The van der Waals surface area contributed by atoms with Crippen LogP contribution in [0.15, 0.2) is 74.7 Å². The second-order valence-electron chi connectivity index (χ2n) is 6.46. The summed E-state index contributed by atoms with van der Waals surface area (Å²) in [5.41, 5.74) is 2.05. The van der Waals surface area contributed by atoms with Crippen molar-refractivity contribution in [2.75, 3.05) is 5.43 Å². The topological polar surface area (TPSA) is 76.8 Å². The fourth-order valence-corrected chi connectivity index (χ4v) is 3.36. The predicted octanol–water partition coefficient (Wildman–Crippen LogP) is 7.16. The van der Waals surface area contributed by atoms with E-state index in [-0.39, 0.29) is 5.69 Å². The summed E-state index contributed by atoms with van der Waals surface area (Å²) in [6.45, 7) is 0.373. The molecule has 3 aromatic carbocycles. The number of anilines is 1. The lowest BCUT2D eigenvalue weighted by atomic mass is 10.1. The molecule has 0 amide bonds. The molecule has 166 valence electrons. The maximum absolute atomic E-state index is 12.8. The van der Waals surface area contributed by atoms with E-state index in [0.29, 0.717) is 28.5 Å². The molecule has 0 aromatic heterocycles. The van der Waals surface area contributed by atoms with Crippen molar-refractivity contribution in [3.05, 3.63) is 96.4 Å². The minimum Gasteiger partial charge on any atom is -0.488 e. The van der Waals surface area contributed by atoms with Gasteiger partial charge in [-0.3, -0.25) is 15.5 Å². The molecule has 6 nitrogen and oxygen atoms in total. The van der Waals surface area contributed by atoms with Crippen molar-refractivity contribution in [1.29, 1.82) is 0 Å². The van der Waals surface area contributed by atoms with E-state index in [9.17, 15) is 23.3 Å². The summed E-state index contributed by atoms with van der Waals surface area (Å²) in [6.07, 6.45) is -3.30. The fraction of sp³-hybridized carbons (Fsp3) is 0.0952. The molecular formula is C21H14Br2F3N3O3. The highest BCUT2D eigenvalue weighted by Gasteiger charge is 2.33. The number of nitro benzene ring substituents is 1. The molecule has 0 aliphatic heterocycles. The smallest absolute Gasteiger partial charge is 0.416 e. The standard InChI is InChI=1S/C21H14Br2F3N3O3/c22-16-5-1-13(2-6-16)12-32-20-8-3-14(9-17(20)23)11-27-28-18-7-4-15(21(24,25)26)10-19(18)29(30)31/h1-11,28H,12H2/b27-11-. The minimum absolute atomic E-state index is 0.159. The quantitative estimate of drug-likeness (QED) is 0.185. The molecule has 0 radical (unpaired) electrons. The molecule has 3 aromatic rings. The fourth-order valence-electron chi connectivity index (χ4n) is 2.59. The van der Waals surface area contributed by atoms with Crippen LogP contribution in [0.3, 0.4) is 0 Å². The van der Waals surface area contributed by atoms with Crippen molar-refractivity contribution in [2.24, 2.45) is 5.10 Å². The molecule has 11 heteroatoms. The van der Waals surface area contributed by atoms with E-state index < -0.39 is 22.4 Å². The maximum atomic E-state index is 12.8. The van der Waals surface area contributed by atoms with Crippen molar-refractivity contribution < 1.29 is 22.8 Å². The molecule has 0 heterocycles. The van der Waals surface area contributed by atoms with Crippen LogP contribution >= 0.6 is 31.9 Å². The zero-order chi connectivity index (χ0) is 23.3. The summed E-state index contributed by atoms with van der Waals surface area (Å²) >= 11 is 6.79. The Labute approximate surface area is 197 Å². The molecule has 0 saturated heterocycles. The summed E-state index contributed by atoms with van der Waals surface area (Å²) < 4.78 is 45.8. The Morgan fingerprint density at radius 1 is 1.06 bits per heavy atom. The largest absolute Gasteiger partial charge is 0.488 e. The number of nitrogens with one attached hydrogen (secondary N) is 1. The zero-order valence-electron chi connectivity index (χ0n) is 16.1. The number of benzene rings is 3. The minimum atomic E-state index is -4.68. The van der Waals surface area contributed by atoms with E-state index in [4.69, 9.17) is 4.74 Å². The summed E-state index contributed by atoms with van der Waals surface area (Å²) in [6, 6.07) is 15.1. The van der Waals surface area contributed by atoms with Gasteiger partial charge in [-0.25, -0.2) is 0 Å². The predicted molar refractivity (Wildman–Crippen MR) is 122 cm³/mol. The van der Waals surface area contributed by atoms with Gasteiger partial charge in [0.05, 0.1) is 21.2 Å². The summed E-state index contributed by atoms with van der Waals surface area (Å²) in [7, 11) is 0. The molecule has 0 aliphatic rings. The number of hydrogen-bond acceptors (Lipinski definition) is 5. The average molecular weight is 573 g/mol. The van der Waals surface area contributed by atoms with Crippen molar-refractivity contribution in [3.8, 4) is 5.75 Å². The van der Waals surface area contributed by atoms with Gasteiger partial charge in [-0.15, -0.1) is 0 Å². The first kappa shape index (κ1) is 23.7. The number of nitrogens with zero attached hydrogens (tertiary/aromatic N) is 2. The Kier molecular flexibility index (Phi) is 7.52. The molecule has 0 bridgehead atoms. The van der Waals surface area contributed by atoms with Crippen LogP contribution in [0.25, 0.3) is 0 Å². The first-order valence-corrected chi connectivity index (χ1v) is 10.5. The third kappa shape index (κ3) is 6.30. The highest BCUT2D eigenvalue weighted by atomic mass is 79.9. The van der Waals surface area contributed by atoms with Gasteiger partial charge < -0.3 is 4.74 Å². The Bertz CT molecular complexity index is 1150. The second kappa shape index (κ2) is 10.1. The Balaban J connectivity index is 1.67. The molecule has 0 saturated carbocycles. The van der Waals surface area contributed by atoms with Gasteiger partial charge in [-0.05, 0) is 69.5 Å². The Morgan fingerprint density at radius 2 is 1.78 bits per heavy atom. The number of hydrogen-bond donors (Lipinski definition) is 1. The van der Waals surface area contributed by atoms with Crippen molar-refractivity contribution >= 4 is 49.4 Å². The maximum Gasteiger partial charge on any atom is 0.416 e. The third-order valence-corrected chi connectivity index (χ3v) is 5.33. The van der Waals surface area contributed by atoms with Crippen molar-refractivity contribution in [1.82, 2.24) is 0 Å². The van der Waals surface area contributed by atoms with Crippen LogP contribution in [0.2, 0.25) is 0 Å². The number of alkyl halides is 3. The molecule has 0 fully saturated rings. The van der Waals surface area contributed by atoms with Gasteiger partial charge in [0, 0.05) is 10.5 Å². The van der Waals surface area contributed by atoms with Crippen LogP contribution in [-0.4, -0.2) is 11.1 Å². The van der Waals surface area contributed by atoms with Crippen LogP contribution in [0.5, 0.6) is 5.75 Å². The van der Waals surface area contributed by atoms with Crippen molar-refractivity contribution in [3.63, 3.8) is 0 Å². The normalized spacial score (nSPS) is 11.5. The van der Waals surface area contributed by atoms with Crippen LogP contribution in [0.4, 0.5) is 24.5 Å². The van der Waals surface area contributed by atoms with Gasteiger partial charge in [0.25, 0.3) is 5.69 Å². The molecule has 0 unspecified atom stereocenters. The number of ether oxygens (including phenoxy) is 1. The monoisotopic (exact) mass is 571 g/mol. The average Bonchev–Trinajstić information content (AvgIpc) is 2.73. The zero-order valence-corrected chi connectivity index (χ0v) is 19.2. The Morgan fingerprint density at radius 3 is 2.41 bits per heavy atom. The molecule has 1 N–H and O–H groups in total. The van der Waals surface area contributed by atoms with E-state index in [1.165, 1.54) is 6.21 Å². The molecule has 3 rings (SSSR count). The van der Waals surface area contributed by atoms with Gasteiger partial charge >= 0.3 is 6.18 Å². The highest BCUT2D eigenvalue weighted by Crippen LogP contribution is 2.35. The molecule has 32 heavy (non-hydrogen) atoms. The van der Waals surface area contributed by atoms with Gasteiger partial charge in [0.15, 0.2) is 0 Å². The highest BCUT2D eigenvalue weighted by molar-refractivity contribution is 9.10. The number of hydrazone groups is 1. The van der Waals surface area contributed by atoms with Gasteiger partial charge in [0.2, 0.25) is 0 Å². The van der Waals surface area contributed by atoms with Crippen LogP contribution in [0, 0.1) is 10.1 Å². The SMILES string of the molecule is O=[N+]([O-])c1cc(C(F)(F)F)ccc1N/N=C\c1ccc(OCc2ccc(Br)cc2)c(Br)c1. The van der Waals surface area contributed by atoms with Crippen molar-refractivity contribution in [2.45, 2.75) is 12.8 Å². The lowest BCUT2D eigenvalue weighted by Gasteiger charge is -2.09. The molecule has 0 atom stereocenters. The van der Waals surface area contributed by atoms with E-state index in [2.05, 4.69) is 42.4 Å². The summed E-state index contributed by atoms with van der Waals surface area (Å²) in [5, 5.41) is 15.0. The lowest BCUT2D eigenvalue weighted by molar-refractivity contribution is -0.384. The third-order valence-electron chi connectivity index (χ3n) is 4.18. The molecule has 0 spiro atoms.